The van der Waals surface area contributed by atoms with Gasteiger partial charge in [-0.25, -0.2) is 0 Å². The Morgan fingerprint density at radius 2 is 1.96 bits per heavy atom. The van der Waals surface area contributed by atoms with E-state index in [2.05, 4.69) is 25.4 Å². The van der Waals surface area contributed by atoms with E-state index in [0.29, 0.717) is 18.0 Å². The first-order valence-corrected chi connectivity index (χ1v) is 10.4. The van der Waals surface area contributed by atoms with E-state index in [1.165, 1.54) is 19.3 Å². The van der Waals surface area contributed by atoms with Crippen molar-refractivity contribution in [2.75, 3.05) is 32.8 Å². The number of carbonyl (C=O) groups is 1. The van der Waals surface area contributed by atoms with E-state index in [1.807, 2.05) is 24.5 Å². The second-order valence-corrected chi connectivity index (χ2v) is 7.69. The molecule has 2 aromatic rings. The van der Waals surface area contributed by atoms with Crippen LogP contribution < -0.4 is 5.32 Å². The molecule has 150 valence electrons. The van der Waals surface area contributed by atoms with Crippen molar-refractivity contribution >= 4 is 5.91 Å². The van der Waals surface area contributed by atoms with Gasteiger partial charge in [-0.3, -0.25) is 19.8 Å². The topological polar surface area (TPSA) is 83.1 Å². The van der Waals surface area contributed by atoms with Gasteiger partial charge in [0.25, 0.3) is 5.91 Å². The number of aromatic nitrogens is 3. The Kier molecular flexibility index (Phi) is 6.34. The van der Waals surface area contributed by atoms with E-state index >= 15 is 0 Å². The quantitative estimate of drug-likeness (QED) is 0.801. The first-order chi connectivity index (χ1) is 13.8. The SMILES string of the molecule is O=C(NC[C@@H](c1ccncc1)N1CCOCC1)c1cn[nH]c1C1CCCCC1. The lowest BCUT2D eigenvalue weighted by molar-refractivity contribution is 0.0162. The number of carbonyl (C=O) groups excluding carboxylic acids is 1. The van der Waals surface area contributed by atoms with E-state index in [4.69, 9.17) is 4.74 Å². The maximum atomic E-state index is 13.0. The number of rotatable bonds is 6. The Labute approximate surface area is 165 Å². The average molecular weight is 383 g/mol. The van der Waals surface area contributed by atoms with Crippen molar-refractivity contribution < 1.29 is 9.53 Å². The Morgan fingerprint density at radius 3 is 2.71 bits per heavy atom. The largest absolute Gasteiger partial charge is 0.379 e. The maximum absolute atomic E-state index is 13.0. The minimum absolute atomic E-state index is 0.0401. The monoisotopic (exact) mass is 383 g/mol. The summed E-state index contributed by atoms with van der Waals surface area (Å²) in [6.07, 6.45) is 11.3. The molecule has 1 atom stereocenters. The molecule has 2 N–H and O–H groups in total. The summed E-state index contributed by atoms with van der Waals surface area (Å²) in [7, 11) is 0. The summed E-state index contributed by atoms with van der Waals surface area (Å²) in [6.45, 7) is 3.73. The van der Waals surface area contributed by atoms with Crippen LogP contribution in [0.15, 0.2) is 30.7 Å². The lowest BCUT2D eigenvalue weighted by Gasteiger charge is -2.34. The molecule has 7 nitrogen and oxygen atoms in total. The number of ether oxygens (including phenoxy) is 1. The molecule has 1 amide bonds. The molecular formula is C21H29N5O2. The first-order valence-electron chi connectivity index (χ1n) is 10.4. The summed E-state index contributed by atoms with van der Waals surface area (Å²) >= 11 is 0. The van der Waals surface area contributed by atoms with Gasteiger partial charge in [0.2, 0.25) is 0 Å². The molecular weight excluding hydrogens is 354 g/mol. The van der Waals surface area contributed by atoms with Crippen LogP contribution in [0, 0.1) is 0 Å². The van der Waals surface area contributed by atoms with Crippen molar-refractivity contribution in [3.05, 3.63) is 47.5 Å². The van der Waals surface area contributed by atoms with Gasteiger partial charge in [0.15, 0.2) is 0 Å². The normalized spacial score (nSPS) is 20.0. The molecule has 4 rings (SSSR count). The molecule has 0 unspecified atom stereocenters. The molecule has 0 aromatic carbocycles. The molecule has 0 spiro atoms. The number of morpholine rings is 1. The zero-order valence-electron chi connectivity index (χ0n) is 16.3. The fourth-order valence-corrected chi connectivity index (χ4v) is 4.40. The van der Waals surface area contributed by atoms with E-state index in [-0.39, 0.29) is 11.9 Å². The van der Waals surface area contributed by atoms with Gasteiger partial charge in [0.1, 0.15) is 0 Å². The van der Waals surface area contributed by atoms with Gasteiger partial charge in [-0.1, -0.05) is 19.3 Å². The summed E-state index contributed by atoms with van der Waals surface area (Å²) in [5.41, 5.74) is 2.86. The van der Waals surface area contributed by atoms with E-state index in [0.717, 1.165) is 50.4 Å². The Morgan fingerprint density at radius 1 is 1.21 bits per heavy atom. The van der Waals surface area contributed by atoms with Crippen LogP contribution in [-0.2, 0) is 4.74 Å². The standard InChI is InChI=1S/C21H29N5O2/c27-21(18-14-24-25-20(18)17-4-2-1-3-5-17)23-15-19(16-6-8-22-9-7-16)26-10-12-28-13-11-26/h6-9,14,17,19H,1-5,10-13,15H2,(H,23,27)(H,24,25)/t19-/m0/s1. The van der Waals surface area contributed by atoms with Crippen molar-refractivity contribution in [2.24, 2.45) is 0 Å². The molecule has 3 heterocycles. The second kappa shape index (κ2) is 9.30. The Hall–Kier alpha value is -2.25. The molecule has 1 aliphatic carbocycles. The average Bonchev–Trinajstić information content (AvgIpc) is 3.26. The van der Waals surface area contributed by atoms with Crippen molar-refractivity contribution in [1.29, 1.82) is 0 Å². The lowest BCUT2D eigenvalue weighted by Crippen LogP contribution is -2.43. The predicted octanol–water partition coefficient (Wildman–Crippen LogP) is 2.66. The lowest BCUT2D eigenvalue weighted by atomic mass is 9.85. The molecule has 2 aliphatic rings. The van der Waals surface area contributed by atoms with Crippen LogP contribution in [0.5, 0.6) is 0 Å². The van der Waals surface area contributed by atoms with Gasteiger partial charge < -0.3 is 10.1 Å². The molecule has 7 heteroatoms. The minimum atomic E-state index is -0.0401. The third-order valence-electron chi connectivity index (χ3n) is 5.96. The third-order valence-corrected chi connectivity index (χ3v) is 5.96. The van der Waals surface area contributed by atoms with E-state index in [9.17, 15) is 4.79 Å². The fourth-order valence-electron chi connectivity index (χ4n) is 4.40. The molecule has 1 aliphatic heterocycles. The number of nitrogens with zero attached hydrogens (tertiary/aromatic N) is 3. The molecule has 0 radical (unpaired) electrons. The Balaban J connectivity index is 1.45. The molecule has 2 aromatic heterocycles. The highest BCUT2D eigenvalue weighted by Gasteiger charge is 2.26. The first kappa shape index (κ1) is 19.1. The zero-order chi connectivity index (χ0) is 19.2. The smallest absolute Gasteiger partial charge is 0.254 e. The number of hydrogen-bond donors (Lipinski definition) is 2. The van der Waals surface area contributed by atoms with Crippen LogP contribution in [0.3, 0.4) is 0 Å². The number of pyridine rings is 1. The van der Waals surface area contributed by atoms with Crippen LogP contribution in [-0.4, -0.2) is 58.8 Å². The summed E-state index contributed by atoms with van der Waals surface area (Å²) in [4.78, 5) is 19.5. The zero-order valence-corrected chi connectivity index (χ0v) is 16.3. The number of H-pyrrole nitrogens is 1. The van der Waals surface area contributed by atoms with E-state index < -0.39 is 0 Å². The second-order valence-electron chi connectivity index (χ2n) is 7.69. The van der Waals surface area contributed by atoms with E-state index in [1.54, 1.807) is 6.20 Å². The van der Waals surface area contributed by atoms with Gasteiger partial charge in [-0.2, -0.15) is 5.10 Å². The summed E-state index contributed by atoms with van der Waals surface area (Å²) in [5.74, 6) is 0.383. The van der Waals surface area contributed by atoms with Gasteiger partial charge in [0.05, 0.1) is 36.7 Å². The van der Waals surface area contributed by atoms with Crippen molar-refractivity contribution in [3.63, 3.8) is 0 Å². The van der Waals surface area contributed by atoms with Crippen LogP contribution >= 0.6 is 0 Å². The molecule has 0 bridgehead atoms. The number of nitrogens with one attached hydrogen (secondary N) is 2. The van der Waals surface area contributed by atoms with Gasteiger partial charge >= 0.3 is 0 Å². The van der Waals surface area contributed by atoms with Gasteiger partial charge in [0, 0.05) is 37.9 Å². The molecule has 28 heavy (non-hydrogen) atoms. The fraction of sp³-hybridized carbons (Fsp3) is 0.571. The van der Waals surface area contributed by atoms with Crippen LogP contribution in [0.2, 0.25) is 0 Å². The number of hydrogen-bond acceptors (Lipinski definition) is 5. The number of amides is 1. The summed E-state index contributed by atoms with van der Waals surface area (Å²) in [5, 5.41) is 10.4. The minimum Gasteiger partial charge on any atom is -0.379 e. The van der Waals surface area contributed by atoms with Crippen molar-refractivity contribution in [1.82, 2.24) is 25.4 Å². The third kappa shape index (κ3) is 4.42. The van der Waals surface area contributed by atoms with Crippen LogP contribution in [0.1, 0.15) is 65.7 Å². The summed E-state index contributed by atoms with van der Waals surface area (Å²) in [6, 6.07) is 4.16. The van der Waals surface area contributed by atoms with Crippen molar-refractivity contribution in [2.45, 2.75) is 44.1 Å². The molecule has 2 fully saturated rings. The van der Waals surface area contributed by atoms with Crippen LogP contribution in [0.4, 0.5) is 0 Å². The molecule has 1 saturated heterocycles. The predicted molar refractivity (Wildman–Crippen MR) is 106 cm³/mol. The van der Waals surface area contributed by atoms with Crippen LogP contribution in [0.25, 0.3) is 0 Å². The highest BCUT2D eigenvalue weighted by molar-refractivity contribution is 5.95. The Bertz CT molecular complexity index is 751. The highest BCUT2D eigenvalue weighted by Crippen LogP contribution is 2.33. The number of aromatic amines is 1. The van der Waals surface area contributed by atoms with Gasteiger partial charge in [-0.15, -0.1) is 0 Å². The molecule has 1 saturated carbocycles. The van der Waals surface area contributed by atoms with Crippen molar-refractivity contribution in [3.8, 4) is 0 Å². The maximum Gasteiger partial charge on any atom is 0.254 e. The summed E-state index contributed by atoms with van der Waals surface area (Å²) < 4.78 is 5.50. The van der Waals surface area contributed by atoms with Gasteiger partial charge in [-0.05, 0) is 30.5 Å². The highest BCUT2D eigenvalue weighted by atomic mass is 16.5.